The van der Waals surface area contributed by atoms with Crippen LogP contribution in [0.15, 0.2) is 79.0 Å². The summed E-state index contributed by atoms with van der Waals surface area (Å²) in [5, 5.41) is 3.28. The molecule has 1 aliphatic heterocycles. The lowest BCUT2D eigenvalue weighted by Gasteiger charge is -2.28. The van der Waals surface area contributed by atoms with E-state index in [9.17, 15) is 0 Å². The number of aromatic nitrogens is 3. The van der Waals surface area contributed by atoms with Gasteiger partial charge < -0.3 is 25.4 Å². The summed E-state index contributed by atoms with van der Waals surface area (Å²) < 4.78 is 11.4. The van der Waals surface area contributed by atoms with E-state index in [2.05, 4.69) is 25.2 Å². The van der Waals surface area contributed by atoms with Crippen molar-refractivity contribution in [2.45, 2.75) is 0 Å². The number of hydrogen-bond donors (Lipinski definition) is 2. The number of hydrogen-bond acceptors (Lipinski definition) is 8. The van der Waals surface area contributed by atoms with Crippen molar-refractivity contribution in [3.05, 3.63) is 79.0 Å². The second-order valence-electron chi connectivity index (χ2n) is 7.57. The highest BCUT2D eigenvalue weighted by molar-refractivity contribution is 5.67. The number of anilines is 4. The molecule has 0 spiro atoms. The lowest BCUT2D eigenvalue weighted by Crippen LogP contribution is -2.36. The Labute approximate surface area is 192 Å². The molecule has 3 heterocycles. The van der Waals surface area contributed by atoms with E-state index in [1.807, 2.05) is 72.8 Å². The SMILES string of the molecule is Nc1nc(Nc2ccc(Oc3cc(N4CCOCC4)ccn3)cc2)cc(-c2ccccc2)n1. The molecule has 5 rings (SSSR count). The maximum absolute atomic E-state index is 5.97. The Bertz CT molecular complexity index is 1210. The van der Waals surface area contributed by atoms with Gasteiger partial charge in [0.25, 0.3) is 0 Å². The van der Waals surface area contributed by atoms with Crippen LogP contribution in [-0.4, -0.2) is 41.3 Å². The van der Waals surface area contributed by atoms with Crippen LogP contribution in [0.4, 0.5) is 23.1 Å². The fraction of sp³-hybridized carbons (Fsp3) is 0.160. The van der Waals surface area contributed by atoms with E-state index < -0.39 is 0 Å². The van der Waals surface area contributed by atoms with Gasteiger partial charge in [-0.15, -0.1) is 0 Å². The Morgan fingerprint density at radius 2 is 1.70 bits per heavy atom. The van der Waals surface area contributed by atoms with E-state index >= 15 is 0 Å². The lowest BCUT2D eigenvalue weighted by atomic mass is 10.1. The Kier molecular flexibility index (Phi) is 5.99. The zero-order chi connectivity index (χ0) is 22.5. The highest BCUT2D eigenvalue weighted by Gasteiger charge is 2.12. The summed E-state index contributed by atoms with van der Waals surface area (Å²) in [6.07, 6.45) is 1.76. The second kappa shape index (κ2) is 9.54. The van der Waals surface area contributed by atoms with Crippen LogP contribution >= 0.6 is 0 Å². The number of morpholine rings is 1. The predicted octanol–water partition coefficient (Wildman–Crippen LogP) is 4.49. The molecule has 166 valence electrons. The number of nitrogens with zero attached hydrogens (tertiary/aromatic N) is 4. The fourth-order valence-electron chi connectivity index (χ4n) is 3.63. The third-order valence-corrected chi connectivity index (χ3v) is 5.26. The molecule has 1 aliphatic rings. The van der Waals surface area contributed by atoms with Crippen molar-refractivity contribution in [2.24, 2.45) is 0 Å². The van der Waals surface area contributed by atoms with E-state index in [1.165, 1.54) is 0 Å². The van der Waals surface area contributed by atoms with Crippen molar-refractivity contribution >= 4 is 23.1 Å². The molecule has 33 heavy (non-hydrogen) atoms. The number of ether oxygens (including phenoxy) is 2. The molecule has 0 amide bonds. The molecule has 0 aliphatic carbocycles. The van der Waals surface area contributed by atoms with E-state index in [0.29, 0.717) is 17.4 Å². The van der Waals surface area contributed by atoms with Crippen LogP contribution in [-0.2, 0) is 4.74 Å². The first kappa shape index (κ1) is 20.7. The van der Waals surface area contributed by atoms with Gasteiger partial charge in [-0.2, -0.15) is 4.98 Å². The van der Waals surface area contributed by atoms with Crippen LogP contribution in [0, 0.1) is 0 Å². The molecule has 0 radical (unpaired) electrons. The summed E-state index contributed by atoms with van der Waals surface area (Å²) >= 11 is 0. The van der Waals surface area contributed by atoms with Crippen molar-refractivity contribution < 1.29 is 9.47 Å². The average Bonchev–Trinajstić information content (AvgIpc) is 2.86. The summed E-state index contributed by atoms with van der Waals surface area (Å²) in [5.74, 6) is 2.08. The molecule has 8 nitrogen and oxygen atoms in total. The van der Waals surface area contributed by atoms with Gasteiger partial charge >= 0.3 is 0 Å². The molecule has 2 aromatic heterocycles. The van der Waals surface area contributed by atoms with Crippen LogP contribution in [0.2, 0.25) is 0 Å². The molecule has 8 heteroatoms. The number of nitrogens with two attached hydrogens (primary N) is 1. The van der Waals surface area contributed by atoms with Gasteiger partial charge in [-0.25, -0.2) is 9.97 Å². The Morgan fingerprint density at radius 3 is 2.48 bits per heavy atom. The molecular weight excluding hydrogens is 416 g/mol. The van der Waals surface area contributed by atoms with E-state index in [1.54, 1.807) is 6.20 Å². The smallest absolute Gasteiger partial charge is 0.222 e. The first-order valence-corrected chi connectivity index (χ1v) is 10.8. The van der Waals surface area contributed by atoms with Crippen LogP contribution in [0.3, 0.4) is 0 Å². The summed E-state index contributed by atoms with van der Waals surface area (Å²) in [7, 11) is 0. The average molecular weight is 441 g/mol. The maximum atomic E-state index is 5.97. The summed E-state index contributed by atoms with van der Waals surface area (Å²) in [6, 6.07) is 23.3. The zero-order valence-electron chi connectivity index (χ0n) is 18.0. The van der Waals surface area contributed by atoms with Crippen molar-refractivity contribution in [1.82, 2.24) is 15.0 Å². The third-order valence-electron chi connectivity index (χ3n) is 5.26. The normalized spacial score (nSPS) is 13.5. The minimum atomic E-state index is 0.213. The van der Waals surface area contributed by atoms with Crippen LogP contribution in [0.25, 0.3) is 11.3 Å². The summed E-state index contributed by atoms with van der Waals surface area (Å²) in [6.45, 7) is 3.20. The standard InChI is InChI=1S/C25H24N6O2/c26-25-29-22(18-4-2-1-3-5-18)17-23(30-25)28-19-6-8-21(9-7-19)33-24-16-20(10-11-27-24)31-12-14-32-15-13-31/h1-11,16-17H,12-15H2,(H3,26,28,29,30). The number of nitrogens with one attached hydrogen (secondary N) is 1. The Balaban J connectivity index is 1.27. The number of pyridine rings is 1. The number of benzene rings is 2. The lowest BCUT2D eigenvalue weighted by molar-refractivity contribution is 0.122. The zero-order valence-corrected chi connectivity index (χ0v) is 18.0. The first-order chi connectivity index (χ1) is 16.2. The number of nitrogen functional groups attached to an aromatic ring is 1. The third kappa shape index (κ3) is 5.19. The summed E-state index contributed by atoms with van der Waals surface area (Å²) in [5.41, 5.74) is 9.60. The highest BCUT2D eigenvalue weighted by atomic mass is 16.5. The molecule has 0 unspecified atom stereocenters. The molecule has 0 bridgehead atoms. The van der Waals surface area contributed by atoms with Gasteiger partial charge in [0.2, 0.25) is 11.8 Å². The van der Waals surface area contributed by atoms with E-state index in [0.717, 1.165) is 48.9 Å². The second-order valence-corrected chi connectivity index (χ2v) is 7.57. The van der Waals surface area contributed by atoms with Gasteiger partial charge in [-0.3, -0.25) is 0 Å². The van der Waals surface area contributed by atoms with Crippen molar-refractivity contribution in [3.8, 4) is 22.9 Å². The van der Waals surface area contributed by atoms with E-state index in [-0.39, 0.29) is 5.95 Å². The minimum Gasteiger partial charge on any atom is -0.439 e. The van der Waals surface area contributed by atoms with Gasteiger partial charge in [0.05, 0.1) is 18.9 Å². The van der Waals surface area contributed by atoms with Crippen molar-refractivity contribution in [3.63, 3.8) is 0 Å². The van der Waals surface area contributed by atoms with Gasteiger partial charge in [-0.1, -0.05) is 30.3 Å². The molecule has 2 aromatic carbocycles. The van der Waals surface area contributed by atoms with E-state index in [4.69, 9.17) is 15.2 Å². The van der Waals surface area contributed by atoms with Gasteiger partial charge in [-0.05, 0) is 30.3 Å². The topological polar surface area (TPSA) is 98.4 Å². The molecule has 1 fully saturated rings. The minimum absolute atomic E-state index is 0.213. The molecule has 0 saturated carbocycles. The molecule has 4 aromatic rings. The van der Waals surface area contributed by atoms with Gasteiger partial charge in [0, 0.05) is 48.4 Å². The summed E-state index contributed by atoms with van der Waals surface area (Å²) in [4.78, 5) is 15.2. The quantitative estimate of drug-likeness (QED) is 0.452. The highest BCUT2D eigenvalue weighted by Crippen LogP contribution is 2.27. The number of rotatable bonds is 6. The van der Waals surface area contributed by atoms with Crippen molar-refractivity contribution in [2.75, 3.05) is 42.3 Å². The Morgan fingerprint density at radius 1 is 0.909 bits per heavy atom. The molecule has 0 atom stereocenters. The fourth-order valence-corrected chi connectivity index (χ4v) is 3.63. The van der Waals surface area contributed by atoms with Crippen LogP contribution in [0.1, 0.15) is 0 Å². The predicted molar refractivity (Wildman–Crippen MR) is 129 cm³/mol. The Hall–Kier alpha value is -4.17. The molecule has 1 saturated heterocycles. The first-order valence-electron chi connectivity index (χ1n) is 10.8. The van der Waals surface area contributed by atoms with Crippen molar-refractivity contribution in [1.29, 1.82) is 0 Å². The molecule has 3 N–H and O–H groups in total. The monoisotopic (exact) mass is 440 g/mol. The van der Waals surface area contributed by atoms with Crippen LogP contribution in [0.5, 0.6) is 11.6 Å². The maximum Gasteiger partial charge on any atom is 0.222 e. The van der Waals surface area contributed by atoms with Gasteiger partial charge in [0.15, 0.2) is 0 Å². The molecular formula is C25H24N6O2. The largest absolute Gasteiger partial charge is 0.439 e. The van der Waals surface area contributed by atoms with Crippen LogP contribution < -0.4 is 20.7 Å². The van der Waals surface area contributed by atoms with Gasteiger partial charge in [0.1, 0.15) is 11.6 Å².